The van der Waals surface area contributed by atoms with Gasteiger partial charge in [-0.3, -0.25) is 16.2 Å². The molecule has 1 aromatic rings. The number of hydrazine groups is 1. The van der Waals surface area contributed by atoms with E-state index in [9.17, 15) is 0 Å². The van der Waals surface area contributed by atoms with Crippen molar-refractivity contribution < 1.29 is 0 Å². The zero-order valence-corrected chi connectivity index (χ0v) is 13.8. The van der Waals surface area contributed by atoms with Crippen molar-refractivity contribution in [2.24, 2.45) is 5.84 Å². The number of likely N-dealkylation sites (tertiary alicyclic amines) is 1. The molecule has 0 saturated carbocycles. The van der Waals surface area contributed by atoms with Crippen LogP contribution < -0.4 is 11.3 Å². The fraction of sp³-hybridized carbons (Fsp3) is 0.800. The van der Waals surface area contributed by atoms with Gasteiger partial charge in [0.05, 0.1) is 5.01 Å². The molecule has 2 rings (SSSR count). The minimum absolute atomic E-state index is 0.106. The first-order valence-corrected chi connectivity index (χ1v) is 8.60. The summed E-state index contributed by atoms with van der Waals surface area (Å²) in [6.45, 7) is 9.06. The average molecular weight is 296 g/mol. The van der Waals surface area contributed by atoms with Gasteiger partial charge in [0.1, 0.15) is 0 Å². The summed E-state index contributed by atoms with van der Waals surface area (Å²) in [5.74, 6) is 5.90. The van der Waals surface area contributed by atoms with Gasteiger partial charge < -0.3 is 0 Å². The highest BCUT2D eigenvalue weighted by Crippen LogP contribution is 2.29. The smallest absolute Gasteiger partial charge is 0.0944 e. The van der Waals surface area contributed by atoms with Crippen LogP contribution in [0.3, 0.4) is 0 Å². The topological polar surface area (TPSA) is 54.2 Å². The Labute approximate surface area is 126 Å². The Balaban J connectivity index is 2.12. The minimum atomic E-state index is 0.106. The first-order chi connectivity index (χ1) is 9.60. The summed E-state index contributed by atoms with van der Waals surface area (Å²) >= 11 is 1.74. The molecule has 0 spiro atoms. The van der Waals surface area contributed by atoms with Crippen molar-refractivity contribution in [1.29, 1.82) is 0 Å². The molecule has 1 aliphatic heterocycles. The first kappa shape index (κ1) is 15.9. The number of nitrogens with zero attached hydrogens (tertiary/aromatic N) is 2. The molecule has 1 saturated heterocycles. The van der Waals surface area contributed by atoms with Gasteiger partial charge in [-0.05, 0) is 46.2 Å². The third kappa shape index (κ3) is 3.39. The third-order valence-electron chi connectivity index (χ3n) is 4.79. The molecular weight excluding hydrogens is 268 g/mol. The van der Waals surface area contributed by atoms with E-state index in [0.717, 1.165) is 18.5 Å². The monoisotopic (exact) mass is 296 g/mol. The van der Waals surface area contributed by atoms with Crippen molar-refractivity contribution in [3.8, 4) is 0 Å². The van der Waals surface area contributed by atoms with Crippen molar-refractivity contribution in [3.63, 3.8) is 0 Å². The largest absolute Gasteiger partial charge is 0.296 e. The number of hydrogen-bond donors (Lipinski definition) is 2. The summed E-state index contributed by atoms with van der Waals surface area (Å²) in [5, 5.41) is 3.30. The summed E-state index contributed by atoms with van der Waals surface area (Å²) < 4.78 is 0. The molecule has 2 heterocycles. The Kier molecular flexibility index (Phi) is 5.55. The van der Waals surface area contributed by atoms with E-state index in [1.165, 1.54) is 37.4 Å². The maximum Gasteiger partial charge on any atom is 0.0944 e. The van der Waals surface area contributed by atoms with Gasteiger partial charge in [-0.2, -0.15) is 0 Å². The fourth-order valence-electron chi connectivity index (χ4n) is 3.22. The summed E-state index contributed by atoms with van der Waals surface area (Å²) in [6.07, 6.45) is 6.00. The van der Waals surface area contributed by atoms with Crippen LogP contribution in [0, 0.1) is 6.92 Å². The molecule has 0 amide bonds. The van der Waals surface area contributed by atoms with Crippen molar-refractivity contribution in [1.82, 2.24) is 15.3 Å². The molecule has 0 radical (unpaired) electrons. The van der Waals surface area contributed by atoms with Gasteiger partial charge in [0.15, 0.2) is 0 Å². The molecule has 1 aromatic heterocycles. The predicted octanol–water partition coefficient (Wildman–Crippen LogP) is 2.48. The summed E-state index contributed by atoms with van der Waals surface area (Å²) in [5.41, 5.74) is 4.29. The average Bonchev–Trinajstić information content (AvgIpc) is 2.90. The van der Waals surface area contributed by atoms with Crippen LogP contribution >= 0.6 is 11.3 Å². The predicted molar refractivity (Wildman–Crippen MR) is 85.8 cm³/mol. The van der Waals surface area contributed by atoms with Crippen LogP contribution in [0.1, 0.15) is 50.2 Å². The fourth-order valence-corrected chi connectivity index (χ4v) is 4.04. The maximum atomic E-state index is 5.90. The van der Waals surface area contributed by atoms with Crippen molar-refractivity contribution in [2.45, 2.75) is 64.5 Å². The van der Waals surface area contributed by atoms with E-state index in [1.54, 1.807) is 11.3 Å². The Morgan fingerprint density at radius 2 is 2.15 bits per heavy atom. The van der Waals surface area contributed by atoms with E-state index in [4.69, 9.17) is 5.84 Å². The lowest BCUT2D eigenvalue weighted by Gasteiger charge is -2.47. The highest BCUT2D eigenvalue weighted by molar-refractivity contribution is 7.09. The number of piperidine rings is 1. The molecule has 0 aromatic carbocycles. The number of aromatic nitrogens is 1. The quantitative estimate of drug-likeness (QED) is 0.625. The number of hydrogen-bond acceptors (Lipinski definition) is 5. The zero-order chi connectivity index (χ0) is 14.6. The highest BCUT2D eigenvalue weighted by Gasteiger charge is 2.38. The maximum absolute atomic E-state index is 5.90. The number of thiazole rings is 1. The molecule has 2 unspecified atom stereocenters. The van der Waals surface area contributed by atoms with Gasteiger partial charge in [0.25, 0.3) is 0 Å². The van der Waals surface area contributed by atoms with E-state index >= 15 is 0 Å². The van der Waals surface area contributed by atoms with E-state index in [1.807, 2.05) is 0 Å². The molecule has 0 aliphatic carbocycles. The molecule has 5 heteroatoms. The standard InChI is InChI=1S/C15H28N4S/c1-4-15(3,19-8-6-5-7-9-19)13(18-16)10-14-17-12(2)11-20-14/h11,13,18H,4-10,16H2,1-3H3. The SMILES string of the molecule is CCC(C)(C(Cc1nc(C)cs1)NN)N1CCCCC1. The Morgan fingerprint density at radius 3 is 2.65 bits per heavy atom. The van der Waals surface area contributed by atoms with Gasteiger partial charge in [0.2, 0.25) is 0 Å². The summed E-state index contributed by atoms with van der Waals surface area (Å²) in [6, 6.07) is 0.246. The number of rotatable bonds is 6. The second kappa shape index (κ2) is 6.98. The second-order valence-corrected chi connectivity index (χ2v) is 7.01. The summed E-state index contributed by atoms with van der Waals surface area (Å²) in [7, 11) is 0. The Morgan fingerprint density at radius 1 is 1.45 bits per heavy atom. The van der Waals surface area contributed by atoms with E-state index < -0.39 is 0 Å². The Hall–Kier alpha value is -0.490. The second-order valence-electron chi connectivity index (χ2n) is 6.06. The van der Waals surface area contributed by atoms with Crippen LogP contribution in [-0.2, 0) is 6.42 Å². The third-order valence-corrected chi connectivity index (χ3v) is 5.78. The van der Waals surface area contributed by atoms with Gasteiger partial charge >= 0.3 is 0 Å². The van der Waals surface area contributed by atoms with Crippen LogP contribution in [0.2, 0.25) is 0 Å². The molecule has 114 valence electrons. The molecule has 0 bridgehead atoms. The van der Waals surface area contributed by atoms with Crippen LogP contribution in [-0.4, -0.2) is 34.6 Å². The molecule has 3 N–H and O–H groups in total. The molecule has 1 fully saturated rings. The molecule has 4 nitrogen and oxygen atoms in total. The summed E-state index contributed by atoms with van der Waals surface area (Å²) in [4.78, 5) is 7.22. The van der Waals surface area contributed by atoms with Gasteiger partial charge in [-0.15, -0.1) is 11.3 Å². The molecular formula is C15H28N4S. The lowest BCUT2D eigenvalue weighted by atomic mass is 9.84. The first-order valence-electron chi connectivity index (χ1n) is 7.72. The number of aryl methyl sites for hydroxylation is 1. The minimum Gasteiger partial charge on any atom is -0.296 e. The lowest BCUT2D eigenvalue weighted by molar-refractivity contribution is 0.0429. The molecule has 2 atom stereocenters. The van der Waals surface area contributed by atoms with E-state index in [-0.39, 0.29) is 11.6 Å². The number of nitrogens with two attached hydrogens (primary N) is 1. The Bertz CT molecular complexity index is 414. The van der Waals surface area contributed by atoms with Crippen molar-refractivity contribution in [2.75, 3.05) is 13.1 Å². The van der Waals surface area contributed by atoms with Crippen LogP contribution in [0.25, 0.3) is 0 Å². The van der Waals surface area contributed by atoms with Gasteiger partial charge in [0, 0.05) is 29.1 Å². The molecule has 1 aliphatic rings. The normalized spacial score (nSPS) is 21.6. The van der Waals surface area contributed by atoms with Gasteiger partial charge in [-0.25, -0.2) is 4.98 Å². The highest BCUT2D eigenvalue weighted by atomic mass is 32.1. The van der Waals surface area contributed by atoms with Crippen LogP contribution in [0.5, 0.6) is 0 Å². The van der Waals surface area contributed by atoms with Crippen molar-refractivity contribution >= 4 is 11.3 Å². The van der Waals surface area contributed by atoms with Crippen molar-refractivity contribution in [3.05, 3.63) is 16.1 Å². The van der Waals surface area contributed by atoms with E-state index in [0.29, 0.717) is 0 Å². The zero-order valence-electron chi connectivity index (χ0n) is 13.0. The van der Waals surface area contributed by atoms with Gasteiger partial charge in [-0.1, -0.05) is 13.3 Å². The van der Waals surface area contributed by atoms with E-state index in [2.05, 4.69) is 41.5 Å². The van der Waals surface area contributed by atoms with Crippen LogP contribution in [0.15, 0.2) is 5.38 Å². The van der Waals surface area contributed by atoms with Crippen LogP contribution in [0.4, 0.5) is 0 Å². The lowest BCUT2D eigenvalue weighted by Crippen LogP contribution is -2.62. The number of nitrogens with one attached hydrogen (secondary N) is 1. The molecule has 20 heavy (non-hydrogen) atoms.